The van der Waals surface area contributed by atoms with Crippen LogP contribution in [0.4, 0.5) is 0 Å². The van der Waals surface area contributed by atoms with E-state index in [0.717, 1.165) is 0 Å². The van der Waals surface area contributed by atoms with Gasteiger partial charge in [0, 0.05) is 18.4 Å². The van der Waals surface area contributed by atoms with Gasteiger partial charge in [-0.15, -0.1) is 0 Å². The van der Waals surface area contributed by atoms with Crippen LogP contribution >= 0.6 is 0 Å². The first-order chi connectivity index (χ1) is 4.57. The molecule has 0 atom stereocenters. The van der Waals surface area contributed by atoms with Crippen molar-refractivity contribution < 1.29 is 9.90 Å². The average molecular weight is 142 g/mol. The Hall–Kier alpha value is -0.790. The fourth-order valence-corrected chi connectivity index (χ4v) is 0.434. The van der Waals surface area contributed by atoms with E-state index in [0.29, 0.717) is 6.42 Å². The van der Waals surface area contributed by atoms with Crippen molar-refractivity contribution in [2.75, 3.05) is 0 Å². The summed E-state index contributed by atoms with van der Waals surface area (Å²) in [6.07, 6.45) is 1.75. The van der Waals surface area contributed by atoms with E-state index in [4.69, 9.17) is 5.11 Å². The molecule has 0 rings (SSSR count). The van der Waals surface area contributed by atoms with Gasteiger partial charge in [0.1, 0.15) is 0 Å². The first-order valence-corrected chi connectivity index (χ1v) is 3.51. The number of hydrogen-bond donors (Lipinski definition) is 1. The van der Waals surface area contributed by atoms with Crippen molar-refractivity contribution in [2.45, 2.75) is 27.2 Å². The summed E-state index contributed by atoms with van der Waals surface area (Å²) in [4.78, 5) is 10.7. The summed E-state index contributed by atoms with van der Waals surface area (Å²) < 4.78 is 0. The molecule has 2 nitrogen and oxygen atoms in total. The third kappa shape index (κ3) is 3.28. The second-order valence-electron chi connectivity index (χ2n) is 2.54. The standard InChI is InChI=1S/C8H14O2/c1-4-7(9)5-8(10)6(2)3/h5-6,10H,4H2,1-3H3. The summed E-state index contributed by atoms with van der Waals surface area (Å²) in [5.41, 5.74) is 0. The molecule has 0 fully saturated rings. The summed E-state index contributed by atoms with van der Waals surface area (Å²) in [6.45, 7) is 5.45. The van der Waals surface area contributed by atoms with Gasteiger partial charge in [-0.2, -0.15) is 0 Å². The normalized spacial score (nSPS) is 12.2. The highest BCUT2D eigenvalue weighted by molar-refractivity contribution is 5.89. The van der Waals surface area contributed by atoms with Crippen LogP contribution in [0.15, 0.2) is 11.8 Å². The smallest absolute Gasteiger partial charge is 0.158 e. The van der Waals surface area contributed by atoms with E-state index in [1.165, 1.54) is 6.08 Å². The van der Waals surface area contributed by atoms with Gasteiger partial charge in [0.25, 0.3) is 0 Å². The van der Waals surface area contributed by atoms with Crippen molar-refractivity contribution in [1.29, 1.82) is 0 Å². The van der Waals surface area contributed by atoms with Crippen molar-refractivity contribution in [3.8, 4) is 0 Å². The van der Waals surface area contributed by atoms with Gasteiger partial charge in [0.15, 0.2) is 5.78 Å². The highest BCUT2D eigenvalue weighted by Gasteiger charge is 2.01. The SMILES string of the molecule is CCC(=O)C=C(O)C(C)C. The quantitative estimate of drug-likeness (QED) is 0.483. The van der Waals surface area contributed by atoms with E-state index in [9.17, 15) is 4.79 Å². The van der Waals surface area contributed by atoms with Crippen LogP contribution in [0.3, 0.4) is 0 Å². The largest absolute Gasteiger partial charge is 0.512 e. The zero-order valence-corrected chi connectivity index (χ0v) is 6.72. The molecule has 0 spiro atoms. The highest BCUT2D eigenvalue weighted by atomic mass is 16.3. The minimum atomic E-state index is -0.0220. The Balaban J connectivity index is 4.03. The van der Waals surface area contributed by atoms with Crippen LogP contribution in [0.1, 0.15) is 27.2 Å². The molecule has 0 aliphatic heterocycles. The van der Waals surface area contributed by atoms with Crippen LogP contribution in [0.2, 0.25) is 0 Å². The van der Waals surface area contributed by atoms with E-state index in [-0.39, 0.29) is 17.5 Å². The van der Waals surface area contributed by atoms with Crippen molar-refractivity contribution >= 4 is 5.78 Å². The Morgan fingerprint density at radius 2 is 2.10 bits per heavy atom. The lowest BCUT2D eigenvalue weighted by atomic mass is 10.1. The summed E-state index contributed by atoms with van der Waals surface area (Å²) in [5.74, 6) is 0.202. The number of aliphatic hydroxyl groups excluding tert-OH is 1. The van der Waals surface area contributed by atoms with Crippen LogP contribution in [-0.2, 0) is 4.79 Å². The molecule has 0 aliphatic carbocycles. The predicted octanol–water partition coefficient (Wildman–Crippen LogP) is 2.06. The molecule has 0 aliphatic rings. The summed E-state index contributed by atoms with van der Waals surface area (Å²) in [6, 6.07) is 0. The molecule has 58 valence electrons. The Morgan fingerprint density at radius 1 is 1.60 bits per heavy atom. The van der Waals surface area contributed by atoms with Crippen LogP contribution in [0.5, 0.6) is 0 Å². The Bertz CT molecular complexity index is 145. The van der Waals surface area contributed by atoms with Gasteiger partial charge in [-0.05, 0) is 0 Å². The number of hydrogen-bond acceptors (Lipinski definition) is 2. The average Bonchev–Trinajstić information content (AvgIpc) is 1.87. The fraction of sp³-hybridized carbons (Fsp3) is 0.625. The summed E-state index contributed by atoms with van der Waals surface area (Å²) >= 11 is 0. The topological polar surface area (TPSA) is 37.3 Å². The third-order valence-electron chi connectivity index (χ3n) is 1.25. The van der Waals surface area contributed by atoms with Crippen LogP contribution in [-0.4, -0.2) is 10.9 Å². The lowest BCUT2D eigenvalue weighted by molar-refractivity contribution is -0.114. The molecule has 1 N–H and O–H groups in total. The van der Waals surface area contributed by atoms with Crippen molar-refractivity contribution in [3.63, 3.8) is 0 Å². The molecule has 0 saturated heterocycles. The Morgan fingerprint density at radius 3 is 2.40 bits per heavy atom. The maximum Gasteiger partial charge on any atom is 0.158 e. The lowest BCUT2D eigenvalue weighted by Gasteiger charge is -2.00. The van der Waals surface area contributed by atoms with Crippen LogP contribution in [0.25, 0.3) is 0 Å². The van der Waals surface area contributed by atoms with Crippen molar-refractivity contribution in [2.24, 2.45) is 5.92 Å². The van der Waals surface area contributed by atoms with Gasteiger partial charge in [-0.25, -0.2) is 0 Å². The lowest BCUT2D eigenvalue weighted by Crippen LogP contribution is -1.97. The highest BCUT2D eigenvalue weighted by Crippen LogP contribution is 2.04. The molecule has 0 aromatic heterocycles. The Kier molecular flexibility index (Phi) is 3.77. The zero-order valence-electron chi connectivity index (χ0n) is 6.72. The fourth-order valence-electron chi connectivity index (χ4n) is 0.434. The van der Waals surface area contributed by atoms with E-state index in [1.54, 1.807) is 6.92 Å². The Labute approximate surface area is 61.6 Å². The number of rotatable bonds is 3. The molecule has 0 amide bonds. The van der Waals surface area contributed by atoms with Crippen molar-refractivity contribution in [1.82, 2.24) is 0 Å². The first-order valence-electron chi connectivity index (χ1n) is 3.51. The van der Waals surface area contributed by atoms with Gasteiger partial charge in [-0.3, -0.25) is 4.79 Å². The van der Waals surface area contributed by atoms with E-state index in [1.807, 2.05) is 13.8 Å². The maximum atomic E-state index is 10.7. The monoisotopic (exact) mass is 142 g/mol. The molecule has 0 aromatic rings. The van der Waals surface area contributed by atoms with Gasteiger partial charge in [0.2, 0.25) is 0 Å². The molecule has 0 aromatic carbocycles. The van der Waals surface area contributed by atoms with E-state index >= 15 is 0 Å². The van der Waals surface area contributed by atoms with Gasteiger partial charge in [-0.1, -0.05) is 20.8 Å². The number of carbonyl (C=O) groups excluding carboxylic acids is 1. The molecular formula is C8H14O2. The van der Waals surface area contributed by atoms with Gasteiger partial charge < -0.3 is 5.11 Å². The van der Waals surface area contributed by atoms with E-state index < -0.39 is 0 Å². The summed E-state index contributed by atoms with van der Waals surface area (Å²) in [7, 11) is 0. The van der Waals surface area contributed by atoms with E-state index in [2.05, 4.69) is 0 Å². The number of allylic oxidation sites excluding steroid dienone is 2. The molecule has 0 bridgehead atoms. The van der Waals surface area contributed by atoms with Gasteiger partial charge in [0.05, 0.1) is 5.76 Å². The second kappa shape index (κ2) is 4.09. The number of aliphatic hydroxyl groups is 1. The molecule has 0 radical (unpaired) electrons. The molecular weight excluding hydrogens is 128 g/mol. The molecule has 0 heterocycles. The molecule has 10 heavy (non-hydrogen) atoms. The number of ketones is 1. The second-order valence-corrected chi connectivity index (χ2v) is 2.54. The zero-order chi connectivity index (χ0) is 8.15. The molecule has 2 heteroatoms. The maximum absolute atomic E-state index is 10.7. The van der Waals surface area contributed by atoms with Crippen LogP contribution < -0.4 is 0 Å². The minimum Gasteiger partial charge on any atom is -0.512 e. The van der Waals surface area contributed by atoms with Crippen molar-refractivity contribution in [3.05, 3.63) is 11.8 Å². The first kappa shape index (κ1) is 9.21. The van der Waals surface area contributed by atoms with Crippen LogP contribution in [0, 0.1) is 5.92 Å². The molecule has 0 unspecified atom stereocenters. The summed E-state index contributed by atoms with van der Waals surface area (Å²) in [5, 5.41) is 9.07. The third-order valence-corrected chi connectivity index (χ3v) is 1.25. The predicted molar refractivity (Wildman–Crippen MR) is 40.8 cm³/mol. The minimum absolute atomic E-state index is 0.0220. The molecule has 0 saturated carbocycles. The van der Waals surface area contributed by atoms with Gasteiger partial charge >= 0.3 is 0 Å². The number of carbonyl (C=O) groups is 1.